The Bertz CT molecular complexity index is 453. The van der Waals surface area contributed by atoms with Crippen molar-refractivity contribution in [2.45, 2.75) is 19.3 Å². The summed E-state index contributed by atoms with van der Waals surface area (Å²) >= 11 is 0. The Hall–Kier alpha value is -1.07. The van der Waals surface area contributed by atoms with Gasteiger partial charge in [-0.15, -0.1) is 0 Å². The standard InChI is InChI=1S/C13H19N2O2S/c16-18(17,14-13-7-3-1-4-8-13)12-11-15-9-5-2-6-10-15/h1,3,7-8,14H,2,5-6,9-12H2. The fourth-order valence-corrected chi connectivity index (χ4v) is 3.21. The van der Waals surface area contributed by atoms with Crippen molar-refractivity contribution in [1.82, 2.24) is 4.90 Å². The molecule has 0 unspecified atom stereocenters. The molecule has 1 radical (unpaired) electrons. The van der Waals surface area contributed by atoms with E-state index in [2.05, 4.69) is 15.7 Å². The number of nitrogens with zero attached hydrogens (tertiary/aromatic N) is 1. The van der Waals surface area contributed by atoms with Crippen LogP contribution in [-0.4, -0.2) is 38.7 Å². The van der Waals surface area contributed by atoms with Crippen LogP contribution in [0.1, 0.15) is 19.3 Å². The van der Waals surface area contributed by atoms with Gasteiger partial charge < -0.3 is 4.90 Å². The molecule has 18 heavy (non-hydrogen) atoms. The maximum absolute atomic E-state index is 11.9. The van der Waals surface area contributed by atoms with Gasteiger partial charge in [0.15, 0.2) is 0 Å². The topological polar surface area (TPSA) is 49.4 Å². The second kappa shape index (κ2) is 6.20. The summed E-state index contributed by atoms with van der Waals surface area (Å²) in [5, 5.41) is 0. The van der Waals surface area contributed by atoms with Gasteiger partial charge in [-0.25, -0.2) is 8.42 Å². The molecule has 99 valence electrons. The predicted molar refractivity (Wildman–Crippen MR) is 73.0 cm³/mol. The molecule has 1 aromatic carbocycles. The fraction of sp³-hybridized carbons (Fsp3) is 0.538. The number of hydrogen-bond acceptors (Lipinski definition) is 3. The largest absolute Gasteiger partial charge is 0.302 e. The minimum Gasteiger partial charge on any atom is -0.302 e. The van der Waals surface area contributed by atoms with Crippen LogP contribution >= 0.6 is 0 Å². The minimum atomic E-state index is -3.25. The van der Waals surface area contributed by atoms with E-state index in [1.807, 2.05) is 0 Å². The third kappa shape index (κ3) is 4.31. The van der Waals surface area contributed by atoms with Crippen LogP contribution in [0.15, 0.2) is 24.3 Å². The summed E-state index contributed by atoms with van der Waals surface area (Å²) in [5.41, 5.74) is 0.580. The molecule has 4 nitrogen and oxygen atoms in total. The van der Waals surface area contributed by atoms with E-state index in [-0.39, 0.29) is 5.75 Å². The summed E-state index contributed by atoms with van der Waals surface area (Å²) in [7, 11) is -3.25. The third-order valence-electron chi connectivity index (χ3n) is 3.11. The number of nitrogens with one attached hydrogen (secondary N) is 1. The Morgan fingerprint density at radius 3 is 2.72 bits per heavy atom. The summed E-state index contributed by atoms with van der Waals surface area (Å²) in [4.78, 5) is 2.22. The SMILES string of the molecule is O=S(=O)(CCN1CCCCC1)Nc1c[c]ccc1. The zero-order valence-electron chi connectivity index (χ0n) is 10.4. The fourth-order valence-electron chi connectivity index (χ4n) is 2.12. The molecule has 1 heterocycles. The van der Waals surface area contributed by atoms with Gasteiger partial charge in [-0.2, -0.15) is 0 Å². The Kier molecular flexibility index (Phi) is 4.60. The molecule has 1 fully saturated rings. The normalized spacial score (nSPS) is 17.6. The molecular formula is C13H19N2O2S. The maximum atomic E-state index is 11.9. The van der Waals surface area contributed by atoms with Crippen LogP contribution in [0, 0.1) is 6.07 Å². The van der Waals surface area contributed by atoms with Crippen molar-refractivity contribution in [1.29, 1.82) is 0 Å². The molecular weight excluding hydrogens is 248 g/mol. The van der Waals surface area contributed by atoms with Gasteiger partial charge in [0, 0.05) is 12.2 Å². The van der Waals surface area contributed by atoms with Gasteiger partial charge in [0.2, 0.25) is 10.0 Å². The van der Waals surface area contributed by atoms with Gasteiger partial charge in [-0.1, -0.05) is 18.6 Å². The number of rotatable bonds is 5. The first kappa shape index (κ1) is 13.4. The lowest BCUT2D eigenvalue weighted by Crippen LogP contribution is -2.35. The number of likely N-dealkylation sites (tertiary alicyclic amines) is 1. The van der Waals surface area contributed by atoms with Crippen LogP contribution in [0.3, 0.4) is 0 Å². The highest BCUT2D eigenvalue weighted by atomic mass is 32.2. The molecule has 1 aromatic rings. The van der Waals surface area contributed by atoms with Crippen LogP contribution in [0.4, 0.5) is 5.69 Å². The second-order valence-corrected chi connectivity index (χ2v) is 6.46. The van der Waals surface area contributed by atoms with Crippen molar-refractivity contribution in [3.63, 3.8) is 0 Å². The lowest BCUT2D eigenvalue weighted by Gasteiger charge is -2.26. The molecule has 1 saturated heterocycles. The molecule has 0 aromatic heterocycles. The van der Waals surface area contributed by atoms with E-state index in [0.29, 0.717) is 12.2 Å². The van der Waals surface area contributed by atoms with Crippen LogP contribution in [0.2, 0.25) is 0 Å². The van der Waals surface area contributed by atoms with Crippen molar-refractivity contribution >= 4 is 15.7 Å². The molecule has 0 bridgehead atoms. The summed E-state index contributed by atoms with van der Waals surface area (Å²) in [6.07, 6.45) is 3.63. The van der Waals surface area contributed by atoms with E-state index in [1.54, 1.807) is 24.3 Å². The Balaban J connectivity index is 1.83. The van der Waals surface area contributed by atoms with E-state index < -0.39 is 10.0 Å². The highest BCUT2D eigenvalue weighted by Gasteiger charge is 2.15. The molecule has 1 N–H and O–H groups in total. The van der Waals surface area contributed by atoms with Crippen LogP contribution in [0.25, 0.3) is 0 Å². The van der Waals surface area contributed by atoms with Gasteiger partial charge in [-0.3, -0.25) is 4.72 Å². The molecule has 5 heteroatoms. The summed E-state index contributed by atoms with van der Waals surface area (Å²) in [6, 6.07) is 9.73. The highest BCUT2D eigenvalue weighted by Crippen LogP contribution is 2.10. The van der Waals surface area contributed by atoms with Gasteiger partial charge in [0.1, 0.15) is 0 Å². The molecule has 0 amide bonds. The molecule has 0 saturated carbocycles. The van der Waals surface area contributed by atoms with E-state index in [4.69, 9.17) is 0 Å². The highest BCUT2D eigenvalue weighted by molar-refractivity contribution is 7.92. The first-order valence-corrected chi connectivity index (χ1v) is 8.00. The van der Waals surface area contributed by atoms with Crippen LogP contribution in [0.5, 0.6) is 0 Å². The Morgan fingerprint density at radius 1 is 1.28 bits per heavy atom. The second-order valence-electron chi connectivity index (χ2n) is 4.62. The summed E-state index contributed by atoms with van der Waals surface area (Å²) in [6.45, 7) is 2.66. The van der Waals surface area contributed by atoms with Crippen molar-refractivity contribution in [3.8, 4) is 0 Å². The van der Waals surface area contributed by atoms with Crippen molar-refractivity contribution in [2.75, 3.05) is 30.1 Å². The zero-order chi connectivity index (χ0) is 12.8. The minimum absolute atomic E-state index is 0.155. The molecule has 2 rings (SSSR count). The molecule has 0 atom stereocenters. The Labute approximate surface area is 109 Å². The average molecular weight is 267 g/mol. The first-order chi connectivity index (χ1) is 8.66. The van der Waals surface area contributed by atoms with E-state index in [1.165, 1.54) is 19.3 Å². The van der Waals surface area contributed by atoms with Gasteiger partial charge in [-0.05, 0) is 44.1 Å². The zero-order valence-corrected chi connectivity index (χ0v) is 11.2. The van der Waals surface area contributed by atoms with Gasteiger partial charge >= 0.3 is 0 Å². The molecule has 1 aliphatic rings. The maximum Gasteiger partial charge on any atom is 0.233 e. The number of anilines is 1. The van der Waals surface area contributed by atoms with Crippen LogP contribution in [-0.2, 0) is 10.0 Å². The molecule has 0 spiro atoms. The van der Waals surface area contributed by atoms with Crippen LogP contribution < -0.4 is 4.72 Å². The Morgan fingerprint density at radius 2 is 2.06 bits per heavy atom. The van der Waals surface area contributed by atoms with Crippen molar-refractivity contribution in [2.24, 2.45) is 0 Å². The van der Waals surface area contributed by atoms with Crippen molar-refractivity contribution in [3.05, 3.63) is 30.3 Å². The number of hydrogen-bond donors (Lipinski definition) is 1. The first-order valence-electron chi connectivity index (χ1n) is 6.35. The quantitative estimate of drug-likeness (QED) is 0.883. The molecule has 1 aliphatic heterocycles. The smallest absolute Gasteiger partial charge is 0.233 e. The predicted octanol–water partition coefficient (Wildman–Crippen LogP) is 1.71. The van der Waals surface area contributed by atoms with Crippen molar-refractivity contribution < 1.29 is 8.42 Å². The average Bonchev–Trinajstić information content (AvgIpc) is 2.38. The van der Waals surface area contributed by atoms with E-state index in [9.17, 15) is 8.42 Å². The number of piperidine rings is 1. The van der Waals surface area contributed by atoms with E-state index in [0.717, 1.165) is 13.1 Å². The monoisotopic (exact) mass is 267 g/mol. The van der Waals surface area contributed by atoms with Gasteiger partial charge in [0.05, 0.1) is 5.75 Å². The van der Waals surface area contributed by atoms with Gasteiger partial charge in [0.25, 0.3) is 0 Å². The number of benzene rings is 1. The molecule has 0 aliphatic carbocycles. The number of sulfonamides is 1. The third-order valence-corrected chi connectivity index (χ3v) is 4.37. The lowest BCUT2D eigenvalue weighted by atomic mass is 10.1. The summed E-state index contributed by atoms with van der Waals surface area (Å²) < 4.78 is 26.4. The lowest BCUT2D eigenvalue weighted by molar-refractivity contribution is 0.241. The van der Waals surface area contributed by atoms with E-state index >= 15 is 0 Å². The summed E-state index contributed by atoms with van der Waals surface area (Å²) in [5.74, 6) is 0.155.